The molecule has 2 aliphatic rings. The predicted octanol–water partition coefficient (Wildman–Crippen LogP) is 1.86. The van der Waals surface area contributed by atoms with Gasteiger partial charge in [-0.1, -0.05) is 6.42 Å². The lowest BCUT2D eigenvalue weighted by molar-refractivity contribution is 0.153. The zero-order chi connectivity index (χ0) is 9.80. The molecule has 0 bridgehead atoms. The molecular weight excluding hydrogens is 172 g/mol. The van der Waals surface area contributed by atoms with Crippen LogP contribution in [0.15, 0.2) is 0 Å². The molecule has 0 radical (unpaired) electrons. The van der Waals surface area contributed by atoms with Crippen LogP contribution >= 0.6 is 0 Å². The van der Waals surface area contributed by atoms with E-state index in [0.29, 0.717) is 0 Å². The molecule has 82 valence electrons. The van der Waals surface area contributed by atoms with Gasteiger partial charge in [-0.05, 0) is 58.2 Å². The number of nitrogens with one attached hydrogen (secondary N) is 1. The molecule has 2 rings (SSSR count). The van der Waals surface area contributed by atoms with Gasteiger partial charge in [-0.2, -0.15) is 0 Å². The zero-order valence-electron chi connectivity index (χ0n) is 9.47. The first-order valence-corrected chi connectivity index (χ1v) is 6.27. The summed E-state index contributed by atoms with van der Waals surface area (Å²) in [5.74, 6) is 1.02. The Labute approximate surface area is 88.1 Å². The molecule has 1 unspecified atom stereocenters. The maximum Gasteiger partial charge on any atom is 0.0105 e. The molecule has 0 aromatic carbocycles. The van der Waals surface area contributed by atoms with Crippen molar-refractivity contribution in [2.45, 2.75) is 44.6 Å². The van der Waals surface area contributed by atoms with Gasteiger partial charge in [0.15, 0.2) is 0 Å². The van der Waals surface area contributed by atoms with Crippen molar-refractivity contribution in [1.82, 2.24) is 10.2 Å². The van der Waals surface area contributed by atoms with Gasteiger partial charge in [-0.15, -0.1) is 0 Å². The summed E-state index contributed by atoms with van der Waals surface area (Å²) in [7, 11) is 2.33. The van der Waals surface area contributed by atoms with Crippen LogP contribution in [0.5, 0.6) is 0 Å². The van der Waals surface area contributed by atoms with E-state index in [1.165, 1.54) is 58.2 Å². The summed E-state index contributed by atoms with van der Waals surface area (Å²) < 4.78 is 0. The zero-order valence-corrected chi connectivity index (χ0v) is 9.47. The fourth-order valence-corrected chi connectivity index (χ4v) is 2.67. The number of hydrogen-bond donors (Lipinski definition) is 1. The summed E-state index contributed by atoms with van der Waals surface area (Å²) in [5.41, 5.74) is 0. The Morgan fingerprint density at radius 2 is 1.93 bits per heavy atom. The van der Waals surface area contributed by atoms with Gasteiger partial charge in [0.1, 0.15) is 0 Å². The highest BCUT2D eigenvalue weighted by atomic mass is 15.1. The largest absolute Gasteiger partial charge is 0.317 e. The molecule has 1 atom stereocenters. The van der Waals surface area contributed by atoms with Crippen molar-refractivity contribution < 1.29 is 0 Å². The Kier molecular flexibility index (Phi) is 3.82. The van der Waals surface area contributed by atoms with Crippen LogP contribution in [0.4, 0.5) is 0 Å². The van der Waals surface area contributed by atoms with Crippen LogP contribution < -0.4 is 5.32 Å². The van der Waals surface area contributed by atoms with Crippen LogP contribution in [0.3, 0.4) is 0 Å². The smallest absolute Gasteiger partial charge is 0.0105 e. The third kappa shape index (κ3) is 2.71. The van der Waals surface area contributed by atoms with Gasteiger partial charge >= 0.3 is 0 Å². The van der Waals surface area contributed by atoms with Crippen LogP contribution in [0.1, 0.15) is 38.5 Å². The topological polar surface area (TPSA) is 15.3 Å². The maximum atomic E-state index is 3.49. The Morgan fingerprint density at radius 3 is 2.64 bits per heavy atom. The maximum absolute atomic E-state index is 3.49. The van der Waals surface area contributed by atoms with Crippen LogP contribution in [0, 0.1) is 5.92 Å². The molecule has 0 amide bonds. The Morgan fingerprint density at radius 1 is 1.07 bits per heavy atom. The minimum Gasteiger partial charge on any atom is -0.317 e. The molecular formula is C12H24N2. The first kappa shape index (κ1) is 10.4. The van der Waals surface area contributed by atoms with Gasteiger partial charge in [0, 0.05) is 12.6 Å². The molecule has 2 fully saturated rings. The molecule has 1 saturated heterocycles. The van der Waals surface area contributed by atoms with Gasteiger partial charge in [-0.3, -0.25) is 0 Å². The molecule has 2 nitrogen and oxygen atoms in total. The summed E-state index contributed by atoms with van der Waals surface area (Å²) in [6.07, 6.45) is 8.55. The highest BCUT2D eigenvalue weighted by Gasteiger charge is 2.23. The van der Waals surface area contributed by atoms with E-state index in [2.05, 4.69) is 17.3 Å². The van der Waals surface area contributed by atoms with Crippen molar-refractivity contribution in [2.24, 2.45) is 5.92 Å². The predicted molar refractivity (Wildman–Crippen MR) is 60.5 cm³/mol. The van der Waals surface area contributed by atoms with Crippen molar-refractivity contribution in [3.05, 3.63) is 0 Å². The van der Waals surface area contributed by atoms with E-state index in [4.69, 9.17) is 0 Å². The molecule has 0 aromatic heterocycles. The fraction of sp³-hybridized carbons (Fsp3) is 1.00. The van der Waals surface area contributed by atoms with Gasteiger partial charge in [0.2, 0.25) is 0 Å². The molecule has 1 aliphatic carbocycles. The lowest BCUT2D eigenvalue weighted by atomic mass is 9.85. The highest BCUT2D eigenvalue weighted by molar-refractivity contribution is 4.78. The van der Waals surface area contributed by atoms with Gasteiger partial charge in [0.25, 0.3) is 0 Å². The molecule has 1 heterocycles. The summed E-state index contributed by atoms with van der Waals surface area (Å²) in [6, 6.07) is 0.852. The SMILES string of the molecule is CN(CC1CCC1)C1CCCNCC1. The Hall–Kier alpha value is -0.0800. The molecule has 0 aromatic rings. The van der Waals surface area contributed by atoms with Gasteiger partial charge in [-0.25, -0.2) is 0 Å². The van der Waals surface area contributed by atoms with E-state index in [1.54, 1.807) is 0 Å². The van der Waals surface area contributed by atoms with E-state index in [-0.39, 0.29) is 0 Å². The fourth-order valence-electron chi connectivity index (χ4n) is 2.67. The second kappa shape index (κ2) is 5.13. The quantitative estimate of drug-likeness (QED) is 0.741. The van der Waals surface area contributed by atoms with Crippen LogP contribution in [-0.2, 0) is 0 Å². The minimum absolute atomic E-state index is 0.852. The average Bonchev–Trinajstić information content (AvgIpc) is 2.38. The monoisotopic (exact) mass is 196 g/mol. The molecule has 1 aliphatic heterocycles. The second-order valence-electron chi connectivity index (χ2n) is 5.07. The van der Waals surface area contributed by atoms with Crippen molar-refractivity contribution in [2.75, 3.05) is 26.7 Å². The number of nitrogens with zero attached hydrogens (tertiary/aromatic N) is 1. The molecule has 2 heteroatoms. The first-order chi connectivity index (χ1) is 6.86. The van der Waals surface area contributed by atoms with E-state index < -0.39 is 0 Å². The van der Waals surface area contributed by atoms with Crippen molar-refractivity contribution in [1.29, 1.82) is 0 Å². The molecule has 0 spiro atoms. The normalized spacial score (nSPS) is 30.0. The second-order valence-corrected chi connectivity index (χ2v) is 5.07. The standard InChI is InChI=1S/C12H24N2/c1-14(10-11-4-2-5-11)12-6-3-8-13-9-7-12/h11-13H,2-10H2,1H3. The van der Waals surface area contributed by atoms with Crippen molar-refractivity contribution >= 4 is 0 Å². The summed E-state index contributed by atoms with van der Waals surface area (Å²) in [5, 5.41) is 3.49. The van der Waals surface area contributed by atoms with Gasteiger partial charge < -0.3 is 10.2 Å². The molecule has 14 heavy (non-hydrogen) atoms. The van der Waals surface area contributed by atoms with E-state index in [0.717, 1.165) is 12.0 Å². The van der Waals surface area contributed by atoms with Crippen molar-refractivity contribution in [3.63, 3.8) is 0 Å². The van der Waals surface area contributed by atoms with E-state index in [1.807, 2.05) is 0 Å². The number of hydrogen-bond acceptors (Lipinski definition) is 2. The summed E-state index contributed by atoms with van der Waals surface area (Å²) in [4.78, 5) is 2.62. The van der Waals surface area contributed by atoms with E-state index in [9.17, 15) is 0 Å². The third-order valence-electron chi connectivity index (χ3n) is 3.94. The Balaban J connectivity index is 1.73. The van der Waals surface area contributed by atoms with Crippen LogP contribution in [-0.4, -0.2) is 37.6 Å². The average molecular weight is 196 g/mol. The summed E-state index contributed by atoms with van der Waals surface area (Å²) in [6.45, 7) is 3.80. The Bertz CT molecular complexity index is 158. The highest BCUT2D eigenvalue weighted by Crippen LogP contribution is 2.28. The molecule has 1 N–H and O–H groups in total. The third-order valence-corrected chi connectivity index (χ3v) is 3.94. The van der Waals surface area contributed by atoms with Crippen LogP contribution in [0.25, 0.3) is 0 Å². The lowest BCUT2D eigenvalue weighted by Crippen LogP contribution is -2.37. The first-order valence-electron chi connectivity index (χ1n) is 6.27. The van der Waals surface area contributed by atoms with E-state index >= 15 is 0 Å². The van der Waals surface area contributed by atoms with Gasteiger partial charge in [0.05, 0.1) is 0 Å². The number of rotatable bonds is 3. The van der Waals surface area contributed by atoms with Crippen LogP contribution in [0.2, 0.25) is 0 Å². The lowest BCUT2D eigenvalue weighted by Gasteiger charge is -2.34. The summed E-state index contributed by atoms with van der Waals surface area (Å²) >= 11 is 0. The molecule has 1 saturated carbocycles. The minimum atomic E-state index is 0.852. The van der Waals surface area contributed by atoms with Crippen molar-refractivity contribution in [3.8, 4) is 0 Å².